The van der Waals surface area contributed by atoms with E-state index in [9.17, 15) is 4.79 Å². The van der Waals surface area contributed by atoms with Crippen molar-refractivity contribution in [3.8, 4) is 5.75 Å². The number of ether oxygens (including phenoxy) is 1. The van der Waals surface area contributed by atoms with Crippen LogP contribution in [0.1, 0.15) is 16.7 Å². The standard InChI is InChI=1S/C22H26N4O2/c1-18-8-6-7-11-21(18)28-13-12-25(2)22(27)23-14-20-15-24-26(17-20)16-19-9-4-3-5-10-19/h3-11,15,17H,12-14,16H2,1-2H3,(H,23,27). The van der Waals surface area contributed by atoms with Crippen LogP contribution in [0.15, 0.2) is 67.0 Å². The van der Waals surface area contributed by atoms with Crippen LogP contribution in [0.5, 0.6) is 5.75 Å². The SMILES string of the molecule is Cc1ccccc1OCCN(C)C(=O)NCc1cnn(Cc2ccccc2)c1. The number of carbonyl (C=O) groups excluding carboxylic acids is 1. The minimum absolute atomic E-state index is 0.135. The first-order valence-corrected chi connectivity index (χ1v) is 9.34. The Hall–Kier alpha value is -3.28. The molecule has 1 heterocycles. The average molecular weight is 378 g/mol. The molecular weight excluding hydrogens is 352 g/mol. The summed E-state index contributed by atoms with van der Waals surface area (Å²) in [6, 6.07) is 17.9. The largest absolute Gasteiger partial charge is 0.491 e. The summed E-state index contributed by atoms with van der Waals surface area (Å²) in [5, 5.41) is 7.27. The van der Waals surface area contributed by atoms with Gasteiger partial charge in [0.25, 0.3) is 0 Å². The molecule has 0 aliphatic carbocycles. The minimum atomic E-state index is -0.135. The van der Waals surface area contributed by atoms with Crippen molar-refractivity contribution < 1.29 is 9.53 Å². The number of aromatic nitrogens is 2. The first kappa shape index (κ1) is 19.5. The molecule has 0 radical (unpaired) electrons. The van der Waals surface area contributed by atoms with Gasteiger partial charge in [-0.3, -0.25) is 4.68 Å². The Morgan fingerprint density at radius 3 is 2.64 bits per heavy atom. The van der Waals surface area contributed by atoms with Gasteiger partial charge in [-0.25, -0.2) is 4.79 Å². The monoisotopic (exact) mass is 378 g/mol. The van der Waals surface area contributed by atoms with Crippen LogP contribution in [0.3, 0.4) is 0 Å². The summed E-state index contributed by atoms with van der Waals surface area (Å²) in [5.74, 6) is 0.849. The van der Waals surface area contributed by atoms with Gasteiger partial charge in [0.1, 0.15) is 12.4 Å². The quantitative estimate of drug-likeness (QED) is 0.653. The molecule has 0 atom stereocenters. The van der Waals surface area contributed by atoms with Crippen molar-refractivity contribution in [3.63, 3.8) is 0 Å². The lowest BCUT2D eigenvalue weighted by molar-refractivity contribution is 0.195. The van der Waals surface area contributed by atoms with Gasteiger partial charge < -0.3 is 15.0 Å². The molecule has 2 aromatic carbocycles. The Morgan fingerprint density at radius 2 is 1.86 bits per heavy atom. The number of para-hydroxylation sites is 1. The second-order valence-corrected chi connectivity index (χ2v) is 6.73. The molecule has 0 unspecified atom stereocenters. The molecule has 6 nitrogen and oxygen atoms in total. The molecule has 0 bridgehead atoms. The van der Waals surface area contributed by atoms with E-state index in [4.69, 9.17) is 4.74 Å². The number of amides is 2. The van der Waals surface area contributed by atoms with Crippen molar-refractivity contribution in [3.05, 3.63) is 83.7 Å². The van der Waals surface area contributed by atoms with Gasteiger partial charge in [0.15, 0.2) is 0 Å². The van der Waals surface area contributed by atoms with Crippen LogP contribution >= 0.6 is 0 Å². The third-order valence-corrected chi connectivity index (χ3v) is 4.44. The Morgan fingerprint density at radius 1 is 1.11 bits per heavy atom. The number of aryl methyl sites for hydroxylation is 1. The molecule has 0 aliphatic rings. The number of likely N-dealkylation sites (N-methyl/N-ethyl adjacent to an activating group) is 1. The van der Waals surface area contributed by atoms with Gasteiger partial charge in [0.05, 0.1) is 19.3 Å². The fraction of sp³-hybridized carbons (Fsp3) is 0.273. The van der Waals surface area contributed by atoms with Gasteiger partial charge in [0.2, 0.25) is 0 Å². The summed E-state index contributed by atoms with van der Waals surface area (Å²) in [6.07, 6.45) is 3.74. The molecule has 0 saturated heterocycles. The lowest BCUT2D eigenvalue weighted by Crippen LogP contribution is -2.39. The van der Waals surface area contributed by atoms with E-state index in [2.05, 4.69) is 22.5 Å². The van der Waals surface area contributed by atoms with E-state index in [1.807, 2.05) is 60.3 Å². The van der Waals surface area contributed by atoms with E-state index < -0.39 is 0 Å². The molecule has 0 aliphatic heterocycles. The van der Waals surface area contributed by atoms with Crippen LogP contribution in [0.4, 0.5) is 4.79 Å². The summed E-state index contributed by atoms with van der Waals surface area (Å²) < 4.78 is 7.62. The Balaban J connectivity index is 1.40. The predicted octanol–water partition coefficient (Wildman–Crippen LogP) is 3.46. The molecule has 3 rings (SSSR count). The maximum absolute atomic E-state index is 12.3. The smallest absolute Gasteiger partial charge is 0.317 e. The third-order valence-electron chi connectivity index (χ3n) is 4.44. The second kappa shape index (κ2) is 9.60. The van der Waals surface area contributed by atoms with Crippen LogP contribution in [-0.2, 0) is 13.1 Å². The molecule has 146 valence electrons. The third kappa shape index (κ3) is 5.61. The van der Waals surface area contributed by atoms with Crippen molar-refractivity contribution in [1.29, 1.82) is 0 Å². The van der Waals surface area contributed by atoms with Crippen LogP contribution < -0.4 is 10.1 Å². The molecule has 1 aromatic heterocycles. The van der Waals surface area contributed by atoms with Gasteiger partial charge in [-0.2, -0.15) is 5.10 Å². The molecule has 0 saturated carbocycles. The van der Waals surface area contributed by atoms with Crippen LogP contribution in [0.25, 0.3) is 0 Å². The summed E-state index contributed by atoms with van der Waals surface area (Å²) >= 11 is 0. The van der Waals surface area contributed by atoms with E-state index in [0.717, 1.165) is 16.9 Å². The fourth-order valence-electron chi connectivity index (χ4n) is 2.78. The number of benzene rings is 2. The number of nitrogens with one attached hydrogen (secondary N) is 1. The van der Waals surface area contributed by atoms with E-state index in [-0.39, 0.29) is 6.03 Å². The highest BCUT2D eigenvalue weighted by atomic mass is 16.5. The van der Waals surface area contributed by atoms with Crippen molar-refractivity contribution in [2.75, 3.05) is 20.2 Å². The number of carbonyl (C=O) groups is 1. The Bertz CT molecular complexity index is 892. The molecule has 0 spiro atoms. The van der Waals surface area contributed by atoms with Gasteiger partial charge in [-0.1, -0.05) is 48.5 Å². The zero-order chi connectivity index (χ0) is 19.8. The number of rotatable bonds is 8. The van der Waals surface area contributed by atoms with Gasteiger partial charge >= 0.3 is 6.03 Å². The first-order chi connectivity index (χ1) is 13.6. The normalized spacial score (nSPS) is 10.5. The maximum Gasteiger partial charge on any atom is 0.317 e. The molecule has 0 fully saturated rings. The van der Waals surface area contributed by atoms with Crippen molar-refractivity contribution >= 4 is 6.03 Å². The summed E-state index contributed by atoms with van der Waals surface area (Å²) in [4.78, 5) is 13.9. The first-order valence-electron chi connectivity index (χ1n) is 9.34. The van der Waals surface area contributed by atoms with Crippen molar-refractivity contribution in [2.45, 2.75) is 20.0 Å². The van der Waals surface area contributed by atoms with E-state index in [1.54, 1.807) is 18.1 Å². The minimum Gasteiger partial charge on any atom is -0.491 e. The highest BCUT2D eigenvalue weighted by molar-refractivity contribution is 5.73. The average Bonchev–Trinajstić information content (AvgIpc) is 3.15. The van der Waals surface area contributed by atoms with Gasteiger partial charge in [0, 0.05) is 25.4 Å². The zero-order valence-corrected chi connectivity index (χ0v) is 16.3. The molecule has 28 heavy (non-hydrogen) atoms. The number of hydrogen-bond acceptors (Lipinski definition) is 3. The maximum atomic E-state index is 12.3. The van der Waals surface area contributed by atoms with Crippen molar-refractivity contribution in [1.82, 2.24) is 20.0 Å². The molecule has 2 amide bonds. The van der Waals surface area contributed by atoms with Gasteiger partial charge in [-0.05, 0) is 24.1 Å². The molecule has 1 N–H and O–H groups in total. The van der Waals surface area contributed by atoms with Crippen molar-refractivity contribution in [2.24, 2.45) is 0 Å². The van der Waals surface area contributed by atoms with E-state index >= 15 is 0 Å². The zero-order valence-electron chi connectivity index (χ0n) is 16.3. The van der Waals surface area contributed by atoms with E-state index in [0.29, 0.717) is 26.2 Å². The van der Waals surface area contributed by atoms with Gasteiger partial charge in [-0.15, -0.1) is 0 Å². The topological polar surface area (TPSA) is 59.4 Å². The fourth-order valence-corrected chi connectivity index (χ4v) is 2.78. The second-order valence-electron chi connectivity index (χ2n) is 6.73. The Labute approximate surface area is 165 Å². The highest BCUT2D eigenvalue weighted by Gasteiger charge is 2.09. The highest BCUT2D eigenvalue weighted by Crippen LogP contribution is 2.15. The lowest BCUT2D eigenvalue weighted by Gasteiger charge is -2.18. The number of hydrogen-bond donors (Lipinski definition) is 1. The van der Waals surface area contributed by atoms with Crippen LogP contribution in [0.2, 0.25) is 0 Å². The molecular formula is C22H26N4O2. The lowest BCUT2D eigenvalue weighted by atomic mass is 10.2. The number of urea groups is 1. The summed E-state index contributed by atoms with van der Waals surface area (Å²) in [5.41, 5.74) is 3.24. The predicted molar refractivity (Wildman–Crippen MR) is 109 cm³/mol. The summed E-state index contributed by atoms with van der Waals surface area (Å²) in [6.45, 7) is 4.11. The molecule has 6 heteroatoms. The number of nitrogens with zero attached hydrogens (tertiary/aromatic N) is 3. The van der Waals surface area contributed by atoms with E-state index in [1.165, 1.54) is 5.56 Å². The molecule has 3 aromatic rings. The van der Waals surface area contributed by atoms with Crippen LogP contribution in [-0.4, -0.2) is 40.9 Å². The Kier molecular flexibility index (Phi) is 6.68. The van der Waals surface area contributed by atoms with Crippen LogP contribution in [0, 0.1) is 6.92 Å². The summed E-state index contributed by atoms with van der Waals surface area (Å²) in [7, 11) is 1.76.